The molecule has 2 aromatic rings. The van der Waals surface area contributed by atoms with Crippen LogP contribution < -0.4 is 0 Å². The molecule has 0 saturated heterocycles. The van der Waals surface area contributed by atoms with Gasteiger partial charge in [0.05, 0.1) is 0 Å². The van der Waals surface area contributed by atoms with E-state index >= 15 is 0 Å². The molecular weight excluding hydrogens is 224 g/mol. The highest BCUT2D eigenvalue weighted by Crippen LogP contribution is 2.16. The summed E-state index contributed by atoms with van der Waals surface area (Å²) in [5.74, 6) is 0.794. The van der Waals surface area contributed by atoms with Crippen molar-refractivity contribution in [3.8, 4) is 11.4 Å². The number of rotatable bonds is 4. The molecule has 1 aromatic carbocycles. The highest BCUT2D eigenvalue weighted by Gasteiger charge is 2.04. The minimum Gasteiger partial charge on any atom is -0.303 e. The summed E-state index contributed by atoms with van der Waals surface area (Å²) in [5, 5.41) is 0. The molecule has 1 heterocycles. The lowest BCUT2D eigenvalue weighted by molar-refractivity contribution is -0.110. The molecule has 0 saturated carbocycles. The van der Waals surface area contributed by atoms with Crippen molar-refractivity contribution in [2.75, 3.05) is 0 Å². The average Bonchev–Trinajstić information content (AvgIpc) is 2.40. The van der Waals surface area contributed by atoms with Gasteiger partial charge in [-0.2, -0.15) is 0 Å². The molecule has 0 aliphatic heterocycles. The summed E-state index contributed by atoms with van der Waals surface area (Å²) in [4.78, 5) is 19.2. The van der Waals surface area contributed by atoms with Gasteiger partial charge in [-0.1, -0.05) is 31.2 Å². The molecule has 0 aliphatic carbocycles. The number of nitrogens with zero attached hydrogens (tertiary/aromatic N) is 2. The molecule has 0 spiro atoms. The fourth-order valence-electron chi connectivity index (χ4n) is 1.75. The number of aromatic nitrogens is 2. The van der Waals surface area contributed by atoms with Crippen molar-refractivity contribution in [2.24, 2.45) is 5.92 Å². The number of aldehydes is 1. The summed E-state index contributed by atoms with van der Waals surface area (Å²) in [6.45, 7) is 3.89. The number of carbonyl (C=O) groups is 1. The van der Waals surface area contributed by atoms with Crippen molar-refractivity contribution in [2.45, 2.75) is 20.3 Å². The SMILES string of the molecule is Cc1cnc(-c2ccc(CC(C)C=O)cc2)nc1. The predicted molar refractivity (Wildman–Crippen MR) is 71.1 cm³/mol. The first-order chi connectivity index (χ1) is 8.69. The Labute approximate surface area is 107 Å². The first kappa shape index (κ1) is 12.4. The normalized spacial score (nSPS) is 12.1. The van der Waals surface area contributed by atoms with Crippen molar-refractivity contribution in [1.29, 1.82) is 0 Å². The van der Waals surface area contributed by atoms with E-state index in [4.69, 9.17) is 0 Å². The van der Waals surface area contributed by atoms with E-state index in [1.54, 1.807) is 0 Å². The molecule has 0 aliphatic rings. The molecule has 92 valence electrons. The summed E-state index contributed by atoms with van der Waals surface area (Å²) >= 11 is 0. The molecule has 18 heavy (non-hydrogen) atoms. The molecule has 1 atom stereocenters. The van der Waals surface area contributed by atoms with Crippen LogP contribution in [0.3, 0.4) is 0 Å². The second-order valence-electron chi connectivity index (χ2n) is 4.60. The van der Waals surface area contributed by atoms with E-state index in [9.17, 15) is 4.79 Å². The van der Waals surface area contributed by atoms with Crippen LogP contribution in [0.4, 0.5) is 0 Å². The molecule has 0 fully saturated rings. The number of hydrogen-bond donors (Lipinski definition) is 0. The summed E-state index contributed by atoms with van der Waals surface area (Å²) in [7, 11) is 0. The first-order valence-electron chi connectivity index (χ1n) is 6.02. The molecule has 0 radical (unpaired) electrons. The van der Waals surface area contributed by atoms with E-state index in [0.717, 1.165) is 35.2 Å². The van der Waals surface area contributed by atoms with Gasteiger partial charge < -0.3 is 4.79 Å². The molecule has 1 unspecified atom stereocenters. The number of aryl methyl sites for hydroxylation is 1. The highest BCUT2D eigenvalue weighted by molar-refractivity contribution is 5.56. The zero-order valence-corrected chi connectivity index (χ0v) is 10.6. The molecule has 1 aromatic heterocycles. The van der Waals surface area contributed by atoms with Gasteiger partial charge in [0, 0.05) is 23.9 Å². The summed E-state index contributed by atoms with van der Waals surface area (Å²) in [5.41, 5.74) is 3.21. The number of carbonyl (C=O) groups excluding carboxylic acids is 1. The fourth-order valence-corrected chi connectivity index (χ4v) is 1.75. The first-order valence-corrected chi connectivity index (χ1v) is 6.02. The predicted octanol–water partition coefficient (Wildman–Crippen LogP) is 2.83. The van der Waals surface area contributed by atoms with Crippen LogP contribution in [0.5, 0.6) is 0 Å². The minimum atomic E-state index is 0.0616. The largest absolute Gasteiger partial charge is 0.303 e. The molecule has 0 bridgehead atoms. The van der Waals surface area contributed by atoms with Crippen molar-refractivity contribution in [3.63, 3.8) is 0 Å². The molecule has 3 nitrogen and oxygen atoms in total. The van der Waals surface area contributed by atoms with E-state index in [-0.39, 0.29) is 5.92 Å². The van der Waals surface area contributed by atoms with Crippen LogP contribution in [-0.2, 0) is 11.2 Å². The Hall–Kier alpha value is -2.03. The lowest BCUT2D eigenvalue weighted by Crippen LogP contribution is -2.00. The van der Waals surface area contributed by atoms with E-state index in [1.165, 1.54) is 0 Å². The summed E-state index contributed by atoms with van der Waals surface area (Å²) in [6.07, 6.45) is 5.38. The second kappa shape index (κ2) is 5.54. The zero-order valence-electron chi connectivity index (χ0n) is 10.6. The monoisotopic (exact) mass is 240 g/mol. The van der Waals surface area contributed by atoms with E-state index < -0.39 is 0 Å². The molecule has 0 N–H and O–H groups in total. The Morgan fingerprint density at radius 1 is 1.17 bits per heavy atom. The van der Waals surface area contributed by atoms with Gasteiger partial charge in [-0.15, -0.1) is 0 Å². The van der Waals surface area contributed by atoms with Crippen molar-refractivity contribution < 1.29 is 4.79 Å². The van der Waals surface area contributed by atoms with Crippen LogP contribution in [0, 0.1) is 12.8 Å². The fraction of sp³-hybridized carbons (Fsp3) is 0.267. The maximum atomic E-state index is 10.6. The van der Waals surface area contributed by atoms with Crippen molar-refractivity contribution in [1.82, 2.24) is 9.97 Å². The quantitative estimate of drug-likeness (QED) is 0.772. The van der Waals surface area contributed by atoms with Gasteiger partial charge in [0.15, 0.2) is 5.82 Å². The molecule has 2 rings (SSSR count). The number of benzene rings is 1. The van der Waals surface area contributed by atoms with Gasteiger partial charge in [-0.3, -0.25) is 0 Å². The zero-order chi connectivity index (χ0) is 13.0. The van der Waals surface area contributed by atoms with Gasteiger partial charge in [-0.25, -0.2) is 9.97 Å². The van der Waals surface area contributed by atoms with Crippen molar-refractivity contribution >= 4 is 6.29 Å². The lowest BCUT2D eigenvalue weighted by Gasteiger charge is -2.05. The van der Waals surface area contributed by atoms with Crippen LogP contribution in [0.25, 0.3) is 11.4 Å². The number of hydrogen-bond acceptors (Lipinski definition) is 3. The van der Waals surface area contributed by atoms with Crippen LogP contribution in [0.2, 0.25) is 0 Å². The second-order valence-corrected chi connectivity index (χ2v) is 4.60. The van der Waals surface area contributed by atoms with Gasteiger partial charge in [0.25, 0.3) is 0 Å². The van der Waals surface area contributed by atoms with Crippen molar-refractivity contribution in [3.05, 3.63) is 47.8 Å². The van der Waals surface area contributed by atoms with Gasteiger partial charge in [-0.05, 0) is 24.5 Å². The Morgan fingerprint density at radius 3 is 2.33 bits per heavy atom. The van der Waals surface area contributed by atoms with Gasteiger partial charge in [0.2, 0.25) is 0 Å². The third-order valence-corrected chi connectivity index (χ3v) is 2.78. The Bertz CT molecular complexity index is 517. The van der Waals surface area contributed by atoms with Crippen LogP contribution in [0.15, 0.2) is 36.7 Å². The molecule has 3 heteroatoms. The smallest absolute Gasteiger partial charge is 0.159 e. The topological polar surface area (TPSA) is 42.9 Å². The van der Waals surface area contributed by atoms with Gasteiger partial charge in [0.1, 0.15) is 6.29 Å². The van der Waals surface area contributed by atoms with E-state index in [2.05, 4.69) is 9.97 Å². The minimum absolute atomic E-state index is 0.0616. The summed E-state index contributed by atoms with van der Waals surface area (Å²) < 4.78 is 0. The highest BCUT2D eigenvalue weighted by atomic mass is 16.1. The Kier molecular flexibility index (Phi) is 3.82. The summed E-state index contributed by atoms with van der Waals surface area (Å²) in [6, 6.07) is 8.05. The average molecular weight is 240 g/mol. The van der Waals surface area contributed by atoms with Gasteiger partial charge >= 0.3 is 0 Å². The standard InChI is InChI=1S/C15H16N2O/c1-11(10-18)7-13-3-5-14(6-4-13)15-16-8-12(2)9-17-15/h3-6,8-11H,7H2,1-2H3. The lowest BCUT2D eigenvalue weighted by atomic mass is 10.0. The Morgan fingerprint density at radius 2 is 1.78 bits per heavy atom. The van der Waals surface area contributed by atoms with E-state index in [0.29, 0.717) is 0 Å². The third-order valence-electron chi connectivity index (χ3n) is 2.78. The maximum Gasteiger partial charge on any atom is 0.159 e. The van der Waals surface area contributed by atoms with Crippen LogP contribution in [0.1, 0.15) is 18.1 Å². The van der Waals surface area contributed by atoms with Crippen LogP contribution in [-0.4, -0.2) is 16.3 Å². The van der Waals surface area contributed by atoms with E-state index in [1.807, 2.05) is 50.5 Å². The van der Waals surface area contributed by atoms with Crippen LogP contribution >= 0.6 is 0 Å². The Balaban J connectivity index is 2.17. The maximum absolute atomic E-state index is 10.6. The molecular formula is C15H16N2O. The third kappa shape index (κ3) is 3.00. The molecule has 0 amide bonds.